The van der Waals surface area contributed by atoms with Crippen LogP contribution < -0.4 is 9.47 Å². The number of hydrogen-bond acceptors (Lipinski definition) is 7. The van der Waals surface area contributed by atoms with E-state index in [0.717, 1.165) is 30.4 Å². The highest BCUT2D eigenvalue weighted by atomic mass is 16.6. The minimum Gasteiger partial charge on any atom is -0.493 e. The molecule has 9 heteroatoms. The molecule has 0 N–H and O–H groups in total. The van der Waals surface area contributed by atoms with Crippen LogP contribution in [0.3, 0.4) is 0 Å². The van der Waals surface area contributed by atoms with Gasteiger partial charge in [0, 0.05) is 45.3 Å². The fourth-order valence-corrected chi connectivity index (χ4v) is 4.47. The van der Waals surface area contributed by atoms with Crippen molar-refractivity contribution in [3.8, 4) is 11.5 Å². The van der Waals surface area contributed by atoms with E-state index < -0.39 is 17.8 Å². The maximum absolute atomic E-state index is 13.7. The standard InChI is InChI=1S/C31H42N2O7/c1-31(2,3)40-30(35)32-13-16-38-28(21-32)29(34)33(25-11-12-25)20-24-17-26(37-15-8-14-36-4)19-27(18-24)39-22-23-9-6-5-7-10-23/h5-7,9-10,17-19,25,28H,8,11-16,20-22H2,1-4H3/t28-/m1/s1. The summed E-state index contributed by atoms with van der Waals surface area (Å²) < 4.78 is 28.6. The Hall–Kier alpha value is -3.30. The van der Waals surface area contributed by atoms with Gasteiger partial charge in [0.1, 0.15) is 23.7 Å². The van der Waals surface area contributed by atoms with Crippen molar-refractivity contribution >= 4 is 12.0 Å². The molecule has 2 aromatic rings. The molecule has 4 rings (SSSR count). The Morgan fingerprint density at radius 3 is 2.40 bits per heavy atom. The Morgan fingerprint density at radius 2 is 1.73 bits per heavy atom. The lowest BCUT2D eigenvalue weighted by Gasteiger charge is -2.36. The van der Waals surface area contributed by atoms with Crippen LogP contribution in [0.1, 0.15) is 51.2 Å². The van der Waals surface area contributed by atoms with Crippen LogP contribution in [0.15, 0.2) is 48.5 Å². The smallest absolute Gasteiger partial charge is 0.410 e. The number of rotatable bonds is 12. The Labute approximate surface area is 237 Å². The van der Waals surface area contributed by atoms with Crippen LogP contribution in [-0.2, 0) is 32.2 Å². The summed E-state index contributed by atoms with van der Waals surface area (Å²) in [6.45, 7) is 8.29. The Bertz CT molecular complexity index is 1110. The second-order valence-corrected chi connectivity index (χ2v) is 11.3. The number of morpholine rings is 1. The predicted octanol–water partition coefficient (Wildman–Crippen LogP) is 4.81. The van der Waals surface area contributed by atoms with Gasteiger partial charge >= 0.3 is 6.09 Å². The molecular weight excluding hydrogens is 512 g/mol. The van der Waals surface area contributed by atoms with Gasteiger partial charge in [0.25, 0.3) is 5.91 Å². The number of ether oxygens (including phenoxy) is 5. The fraction of sp³-hybridized carbons (Fsp3) is 0.548. The maximum Gasteiger partial charge on any atom is 0.410 e. The maximum atomic E-state index is 13.7. The first-order valence-electron chi connectivity index (χ1n) is 14.0. The lowest BCUT2D eigenvalue weighted by Crippen LogP contribution is -2.53. The molecule has 1 aliphatic heterocycles. The Balaban J connectivity index is 1.47. The molecule has 1 saturated heterocycles. The number of methoxy groups -OCH3 is 1. The quantitative estimate of drug-likeness (QED) is 0.348. The van der Waals surface area contributed by atoms with Crippen molar-refractivity contribution < 1.29 is 33.3 Å². The Kier molecular flexibility index (Phi) is 10.3. The number of amides is 2. The summed E-state index contributed by atoms with van der Waals surface area (Å²) in [6, 6.07) is 15.9. The van der Waals surface area contributed by atoms with Gasteiger partial charge in [-0.25, -0.2) is 4.79 Å². The minimum absolute atomic E-state index is 0.117. The summed E-state index contributed by atoms with van der Waals surface area (Å²) in [5.74, 6) is 1.25. The number of hydrogen-bond donors (Lipinski definition) is 0. The summed E-state index contributed by atoms with van der Waals surface area (Å²) in [4.78, 5) is 29.8. The van der Waals surface area contributed by atoms with Crippen molar-refractivity contribution in [3.63, 3.8) is 0 Å². The lowest BCUT2D eigenvalue weighted by atomic mass is 10.1. The normalized spacial score (nSPS) is 17.3. The van der Waals surface area contributed by atoms with E-state index in [0.29, 0.717) is 44.4 Å². The zero-order valence-corrected chi connectivity index (χ0v) is 24.1. The first-order chi connectivity index (χ1) is 19.2. The SMILES string of the molecule is COCCCOc1cc(CN(C(=O)[C@H]2CN(C(=O)OC(C)(C)C)CCO2)C2CC2)cc(OCc2ccccc2)c1. The van der Waals surface area contributed by atoms with Crippen molar-refractivity contribution in [2.24, 2.45) is 0 Å². The van der Waals surface area contributed by atoms with Gasteiger partial charge < -0.3 is 33.5 Å². The molecule has 1 saturated carbocycles. The molecule has 1 atom stereocenters. The molecule has 2 amide bonds. The van der Waals surface area contributed by atoms with Crippen LogP contribution >= 0.6 is 0 Å². The van der Waals surface area contributed by atoms with Crippen molar-refractivity contribution in [2.75, 3.05) is 40.0 Å². The third-order valence-electron chi connectivity index (χ3n) is 6.57. The summed E-state index contributed by atoms with van der Waals surface area (Å²) in [5.41, 5.74) is 1.37. The molecule has 40 heavy (non-hydrogen) atoms. The highest BCUT2D eigenvalue weighted by Crippen LogP contribution is 2.32. The number of benzene rings is 2. The van der Waals surface area contributed by atoms with Gasteiger partial charge in [0.15, 0.2) is 6.10 Å². The van der Waals surface area contributed by atoms with Crippen molar-refractivity contribution in [2.45, 2.75) is 70.9 Å². The lowest BCUT2D eigenvalue weighted by molar-refractivity contribution is -0.150. The zero-order chi connectivity index (χ0) is 28.5. The molecule has 0 unspecified atom stereocenters. The van der Waals surface area contributed by atoms with Crippen LogP contribution in [0, 0.1) is 0 Å². The first kappa shape index (κ1) is 29.7. The van der Waals surface area contributed by atoms with Crippen LogP contribution in [0.5, 0.6) is 11.5 Å². The zero-order valence-electron chi connectivity index (χ0n) is 24.1. The second-order valence-electron chi connectivity index (χ2n) is 11.3. The second kappa shape index (κ2) is 13.9. The van der Waals surface area contributed by atoms with Crippen LogP contribution in [0.4, 0.5) is 4.79 Å². The van der Waals surface area contributed by atoms with Gasteiger partial charge in [0.2, 0.25) is 0 Å². The molecule has 218 valence electrons. The topological polar surface area (TPSA) is 86.8 Å². The van der Waals surface area contributed by atoms with E-state index in [2.05, 4.69) is 0 Å². The molecule has 1 aliphatic carbocycles. The molecule has 0 bridgehead atoms. The van der Waals surface area contributed by atoms with Crippen LogP contribution in [0.25, 0.3) is 0 Å². The van der Waals surface area contributed by atoms with Crippen molar-refractivity contribution in [1.82, 2.24) is 9.80 Å². The van der Waals surface area contributed by atoms with Gasteiger partial charge in [0.05, 0.1) is 19.8 Å². The van der Waals surface area contributed by atoms with Gasteiger partial charge in [-0.1, -0.05) is 30.3 Å². The first-order valence-corrected chi connectivity index (χ1v) is 14.0. The molecule has 2 aromatic carbocycles. The molecular formula is C31H42N2O7. The van der Waals surface area contributed by atoms with E-state index in [4.69, 9.17) is 23.7 Å². The highest BCUT2D eigenvalue weighted by Gasteiger charge is 2.39. The van der Waals surface area contributed by atoms with Gasteiger partial charge in [-0.3, -0.25) is 4.79 Å². The predicted molar refractivity (Wildman–Crippen MR) is 150 cm³/mol. The van der Waals surface area contributed by atoms with Crippen LogP contribution in [0.2, 0.25) is 0 Å². The monoisotopic (exact) mass is 554 g/mol. The van der Waals surface area contributed by atoms with E-state index >= 15 is 0 Å². The largest absolute Gasteiger partial charge is 0.493 e. The van der Waals surface area contributed by atoms with Crippen molar-refractivity contribution in [3.05, 3.63) is 59.7 Å². The fourth-order valence-electron chi connectivity index (χ4n) is 4.47. The van der Waals surface area contributed by atoms with E-state index in [1.54, 1.807) is 12.0 Å². The van der Waals surface area contributed by atoms with E-state index in [1.807, 2.05) is 74.2 Å². The summed E-state index contributed by atoms with van der Waals surface area (Å²) >= 11 is 0. The minimum atomic E-state index is -0.732. The highest BCUT2D eigenvalue weighted by molar-refractivity contribution is 5.83. The van der Waals surface area contributed by atoms with Gasteiger partial charge in [-0.15, -0.1) is 0 Å². The molecule has 1 heterocycles. The molecule has 2 aliphatic rings. The van der Waals surface area contributed by atoms with E-state index in [1.165, 1.54) is 0 Å². The third kappa shape index (κ3) is 9.13. The van der Waals surface area contributed by atoms with E-state index in [9.17, 15) is 9.59 Å². The molecule has 0 aromatic heterocycles. The molecule has 2 fully saturated rings. The molecule has 0 radical (unpaired) electrons. The average molecular weight is 555 g/mol. The summed E-state index contributed by atoms with van der Waals surface area (Å²) in [6.07, 6.45) is 1.49. The van der Waals surface area contributed by atoms with Gasteiger partial charge in [-0.05, 0) is 56.9 Å². The van der Waals surface area contributed by atoms with Gasteiger partial charge in [-0.2, -0.15) is 0 Å². The summed E-state index contributed by atoms with van der Waals surface area (Å²) in [7, 11) is 1.67. The number of nitrogens with zero attached hydrogens (tertiary/aromatic N) is 2. The average Bonchev–Trinajstić information content (AvgIpc) is 3.78. The summed E-state index contributed by atoms with van der Waals surface area (Å²) in [5, 5.41) is 0. The number of carbonyl (C=O) groups is 2. The van der Waals surface area contributed by atoms with Crippen LogP contribution in [-0.4, -0.2) is 79.6 Å². The van der Waals surface area contributed by atoms with E-state index in [-0.39, 0.29) is 25.1 Å². The Morgan fingerprint density at radius 1 is 1.00 bits per heavy atom. The number of carbonyl (C=O) groups excluding carboxylic acids is 2. The van der Waals surface area contributed by atoms with Crippen molar-refractivity contribution in [1.29, 1.82) is 0 Å². The third-order valence-corrected chi connectivity index (χ3v) is 6.57. The molecule has 9 nitrogen and oxygen atoms in total. The molecule has 0 spiro atoms.